The number of nitrogens with zero attached hydrogens (tertiary/aromatic N) is 3. The largest absolute Gasteiger partial charge is 0.396 e. The Hall–Kier alpha value is -1.46. The van der Waals surface area contributed by atoms with Crippen LogP contribution in [0, 0.1) is 0 Å². The third-order valence-electron chi connectivity index (χ3n) is 2.76. The van der Waals surface area contributed by atoms with Gasteiger partial charge < -0.3 is 15.4 Å². The Morgan fingerprint density at radius 2 is 2.24 bits per heavy atom. The average Bonchev–Trinajstić information content (AvgIpc) is 2.68. The Balaban J connectivity index is 2.57. The van der Waals surface area contributed by atoms with Crippen LogP contribution in [-0.2, 0) is 0 Å². The fourth-order valence-electron chi connectivity index (χ4n) is 1.99. The fraction of sp³-hybridized carbons (Fsp3) is 0.500. The van der Waals surface area contributed by atoms with Gasteiger partial charge >= 0.3 is 0 Å². The van der Waals surface area contributed by atoms with Gasteiger partial charge in [-0.05, 0) is 32.4 Å². The third-order valence-corrected chi connectivity index (χ3v) is 2.76. The van der Waals surface area contributed by atoms with E-state index in [9.17, 15) is 0 Å². The van der Waals surface area contributed by atoms with E-state index in [1.165, 1.54) is 0 Å². The normalized spacial score (nSPS) is 13.5. The molecular weight excluding hydrogens is 216 g/mol. The molecule has 1 unspecified atom stereocenters. The first-order chi connectivity index (χ1) is 8.15. The lowest BCUT2D eigenvalue weighted by atomic mass is 10.2. The van der Waals surface area contributed by atoms with Crippen LogP contribution in [0.25, 0.3) is 11.2 Å². The summed E-state index contributed by atoms with van der Waals surface area (Å²) in [4.78, 5) is 8.86. The van der Waals surface area contributed by atoms with Crippen molar-refractivity contribution >= 4 is 11.2 Å². The highest BCUT2D eigenvalue weighted by Gasteiger charge is 2.18. The van der Waals surface area contributed by atoms with Crippen molar-refractivity contribution in [1.29, 1.82) is 0 Å². The number of hydrogen-bond acceptors (Lipinski definition) is 4. The molecule has 0 aromatic carbocycles. The average molecular weight is 234 g/mol. The highest BCUT2D eigenvalue weighted by atomic mass is 16.3. The van der Waals surface area contributed by atoms with Gasteiger partial charge in [-0.1, -0.05) is 0 Å². The molecule has 0 saturated carbocycles. The first kappa shape index (κ1) is 12.0. The zero-order valence-corrected chi connectivity index (χ0v) is 10.2. The lowest BCUT2D eigenvalue weighted by Crippen LogP contribution is -2.19. The predicted octanol–water partition coefficient (Wildman–Crippen LogP) is 1.39. The highest BCUT2D eigenvalue weighted by molar-refractivity contribution is 5.71. The fourth-order valence-corrected chi connectivity index (χ4v) is 1.99. The Kier molecular flexibility index (Phi) is 3.40. The molecule has 0 saturated heterocycles. The lowest BCUT2D eigenvalue weighted by Gasteiger charge is -2.16. The predicted molar refractivity (Wildman–Crippen MR) is 66.5 cm³/mol. The number of nitrogens with two attached hydrogens (primary N) is 1. The number of aromatic nitrogens is 3. The van der Waals surface area contributed by atoms with Crippen molar-refractivity contribution in [1.82, 2.24) is 14.5 Å². The number of rotatable bonds is 4. The number of aliphatic hydroxyl groups excluding tert-OH is 1. The van der Waals surface area contributed by atoms with E-state index < -0.39 is 0 Å². The van der Waals surface area contributed by atoms with E-state index >= 15 is 0 Å². The van der Waals surface area contributed by atoms with Crippen LogP contribution in [-0.4, -0.2) is 26.2 Å². The second-order valence-electron chi connectivity index (χ2n) is 4.40. The summed E-state index contributed by atoms with van der Waals surface area (Å²) >= 11 is 0. The van der Waals surface area contributed by atoms with Gasteiger partial charge in [-0.3, -0.25) is 0 Å². The molecular formula is C12H18N4O. The quantitative estimate of drug-likeness (QED) is 0.838. The molecule has 2 rings (SSSR count). The van der Waals surface area contributed by atoms with Gasteiger partial charge in [-0.15, -0.1) is 0 Å². The van der Waals surface area contributed by atoms with E-state index in [1.54, 1.807) is 6.20 Å². The van der Waals surface area contributed by atoms with E-state index in [0.717, 1.165) is 17.0 Å². The monoisotopic (exact) mass is 234 g/mol. The Bertz CT molecular complexity index is 506. The van der Waals surface area contributed by atoms with Gasteiger partial charge in [-0.2, -0.15) is 0 Å². The summed E-state index contributed by atoms with van der Waals surface area (Å²) in [5, 5.41) is 8.97. The minimum Gasteiger partial charge on any atom is -0.396 e. The van der Waals surface area contributed by atoms with E-state index in [2.05, 4.69) is 23.8 Å². The number of hydrogen-bond donors (Lipinski definition) is 2. The minimum atomic E-state index is -0.253. The molecule has 0 fully saturated rings. The molecule has 3 N–H and O–H groups in total. The van der Waals surface area contributed by atoms with Gasteiger partial charge in [0, 0.05) is 18.8 Å². The lowest BCUT2D eigenvalue weighted by molar-refractivity contribution is 0.273. The van der Waals surface area contributed by atoms with Crippen molar-refractivity contribution in [2.75, 3.05) is 6.61 Å². The van der Waals surface area contributed by atoms with Gasteiger partial charge in [0.2, 0.25) is 0 Å². The number of fused-ring (bicyclic) bond motifs is 1. The van der Waals surface area contributed by atoms with Crippen LogP contribution >= 0.6 is 0 Å². The molecule has 0 aliphatic heterocycles. The summed E-state index contributed by atoms with van der Waals surface area (Å²) in [6.45, 7) is 4.21. The van der Waals surface area contributed by atoms with Crippen molar-refractivity contribution in [3.63, 3.8) is 0 Å². The maximum Gasteiger partial charge on any atom is 0.160 e. The van der Waals surface area contributed by atoms with Crippen LogP contribution in [0.2, 0.25) is 0 Å². The Labute approximate surface area is 100 Å². The smallest absolute Gasteiger partial charge is 0.160 e. The summed E-state index contributed by atoms with van der Waals surface area (Å²) in [6.07, 6.45) is 2.26. The Morgan fingerprint density at radius 1 is 1.47 bits per heavy atom. The van der Waals surface area contributed by atoms with Gasteiger partial charge in [0.25, 0.3) is 0 Å². The van der Waals surface area contributed by atoms with E-state index in [1.807, 2.05) is 16.7 Å². The van der Waals surface area contributed by atoms with E-state index in [0.29, 0.717) is 6.42 Å². The van der Waals surface area contributed by atoms with Crippen LogP contribution < -0.4 is 5.73 Å². The van der Waals surface area contributed by atoms with Crippen LogP contribution in [0.15, 0.2) is 18.3 Å². The molecule has 0 amide bonds. The number of imidazole rings is 1. The molecule has 0 aliphatic carbocycles. The number of aliphatic hydroxyl groups is 1. The molecule has 5 nitrogen and oxygen atoms in total. The molecule has 0 aliphatic rings. The van der Waals surface area contributed by atoms with E-state index in [-0.39, 0.29) is 18.7 Å². The summed E-state index contributed by atoms with van der Waals surface area (Å²) in [5.41, 5.74) is 7.74. The molecule has 17 heavy (non-hydrogen) atoms. The zero-order chi connectivity index (χ0) is 12.4. The minimum absolute atomic E-state index is 0.0654. The molecule has 2 aromatic heterocycles. The van der Waals surface area contributed by atoms with E-state index in [4.69, 9.17) is 10.8 Å². The van der Waals surface area contributed by atoms with Crippen molar-refractivity contribution in [2.45, 2.75) is 32.4 Å². The molecule has 5 heteroatoms. The van der Waals surface area contributed by atoms with Crippen LogP contribution in [0.5, 0.6) is 0 Å². The Morgan fingerprint density at radius 3 is 2.88 bits per heavy atom. The van der Waals surface area contributed by atoms with Gasteiger partial charge in [-0.25, -0.2) is 9.97 Å². The van der Waals surface area contributed by atoms with Crippen molar-refractivity contribution < 1.29 is 5.11 Å². The molecule has 2 aromatic rings. The summed E-state index contributed by atoms with van der Waals surface area (Å²) < 4.78 is 2.04. The second-order valence-corrected chi connectivity index (χ2v) is 4.40. The van der Waals surface area contributed by atoms with Crippen molar-refractivity contribution in [3.05, 3.63) is 24.2 Å². The molecule has 92 valence electrons. The van der Waals surface area contributed by atoms with Crippen LogP contribution in [0.4, 0.5) is 0 Å². The standard InChI is InChI=1S/C12H18N4O/c1-8(2)16-11(9(13)5-7-17)15-10-4-3-6-14-12(10)16/h3-4,6,8-9,17H,5,7,13H2,1-2H3. The maximum absolute atomic E-state index is 8.97. The second kappa shape index (κ2) is 4.81. The molecule has 0 radical (unpaired) electrons. The van der Waals surface area contributed by atoms with Gasteiger partial charge in [0.15, 0.2) is 5.65 Å². The number of pyridine rings is 1. The molecule has 1 atom stereocenters. The highest BCUT2D eigenvalue weighted by Crippen LogP contribution is 2.23. The maximum atomic E-state index is 8.97. The summed E-state index contributed by atoms with van der Waals surface area (Å²) in [6, 6.07) is 3.78. The summed E-state index contributed by atoms with van der Waals surface area (Å²) in [5.74, 6) is 0.794. The molecule has 2 heterocycles. The third kappa shape index (κ3) is 2.16. The first-order valence-electron chi connectivity index (χ1n) is 5.84. The van der Waals surface area contributed by atoms with Gasteiger partial charge in [0.1, 0.15) is 11.3 Å². The molecule has 0 bridgehead atoms. The van der Waals surface area contributed by atoms with Crippen molar-refractivity contribution in [2.24, 2.45) is 5.73 Å². The van der Waals surface area contributed by atoms with Crippen molar-refractivity contribution in [3.8, 4) is 0 Å². The first-order valence-corrected chi connectivity index (χ1v) is 5.84. The molecule has 0 spiro atoms. The topological polar surface area (TPSA) is 77.0 Å². The van der Waals surface area contributed by atoms with Crippen LogP contribution in [0.3, 0.4) is 0 Å². The summed E-state index contributed by atoms with van der Waals surface area (Å²) in [7, 11) is 0. The van der Waals surface area contributed by atoms with Crippen LogP contribution in [0.1, 0.15) is 38.2 Å². The SMILES string of the molecule is CC(C)n1c(C(N)CCO)nc2cccnc21. The van der Waals surface area contributed by atoms with Gasteiger partial charge in [0.05, 0.1) is 6.04 Å². The zero-order valence-electron chi connectivity index (χ0n) is 10.2.